The van der Waals surface area contributed by atoms with E-state index in [0.29, 0.717) is 28.5 Å². The van der Waals surface area contributed by atoms with Gasteiger partial charge in [0.15, 0.2) is 5.82 Å². The maximum atomic E-state index is 11.9. The topological polar surface area (TPSA) is 126 Å². The normalized spacial score (nSPS) is 10.6. The van der Waals surface area contributed by atoms with Gasteiger partial charge < -0.3 is 19.2 Å². The van der Waals surface area contributed by atoms with Crippen LogP contribution >= 0.6 is 0 Å². The molecule has 1 heterocycles. The van der Waals surface area contributed by atoms with Crippen molar-refractivity contribution in [3.63, 3.8) is 0 Å². The molecule has 10 heteroatoms. The number of carbonyl (C=O) groups is 2. The van der Waals surface area contributed by atoms with Gasteiger partial charge in [0.2, 0.25) is 0 Å². The Labute approximate surface area is 162 Å². The number of methoxy groups -OCH3 is 1. The van der Waals surface area contributed by atoms with E-state index in [1.165, 1.54) is 0 Å². The minimum absolute atomic E-state index is 0.214. The van der Waals surface area contributed by atoms with Crippen molar-refractivity contribution in [1.82, 2.24) is 4.98 Å². The van der Waals surface area contributed by atoms with Gasteiger partial charge >= 0.3 is 12.2 Å². The molecule has 1 aromatic carbocycles. The van der Waals surface area contributed by atoms with Crippen molar-refractivity contribution in [2.45, 2.75) is 20.8 Å². The van der Waals surface area contributed by atoms with Crippen molar-refractivity contribution in [3.8, 4) is 5.75 Å². The van der Waals surface area contributed by atoms with Crippen molar-refractivity contribution in [2.75, 3.05) is 31.0 Å². The summed E-state index contributed by atoms with van der Waals surface area (Å²) in [6, 6.07) is 6.96. The first-order valence-corrected chi connectivity index (χ1v) is 8.64. The van der Waals surface area contributed by atoms with E-state index in [1.807, 2.05) is 0 Å². The third-order valence-corrected chi connectivity index (χ3v) is 3.57. The van der Waals surface area contributed by atoms with Gasteiger partial charge in [0, 0.05) is 5.56 Å². The van der Waals surface area contributed by atoms with Gasteiger partial charge in [0.05, 0.1) is 31.7 Å². The lowest BCUT2D eigenvalue weighted by atomic mass is 10.3. The van der Waals surface area contributed by atoms with Gasteiger partial charge in [-0.1, -0.05) is 0 Å². The number of ether oxygens (including phenoxy) is 3. The summed E-state index contributed by atoms with van der Waals surface area (Å²) >= 11 is 0. The van der Waals surface area contributed by atoms with Gasteiger partial charge in [-0.3, -0.25) is 10.6 Å². The number of rotatable bonds is 7. The van der Waals surface area contributed by atoms with Crippen LogP contribution in [-0.2, 0) is 9.47 Å². The van der Waals surface area contributed by atoms with Crippen LogP contribution in [0.4, 0.5) is 32.6 Å². The molecule has 0 aliphatic heterocycles. The molecule has 0 spiro atoms. The highest BCUT2D eigenvalue weighted by Crippen LogP contribution is 2.35. The van der Waals surface area contributed by atoms with Gasteiger partial charge in [-0.15, -0.1) is 10.2 Å². The third-order valence-electron chi connectivity index (χ3n) is 3.57. The first-order chi connectivity index (χ1) is 13.5. The van der Waals surface area contributed by atoms with Crippen molar-refractivity contribution in [3.05, 3.63) is 29.8 Å². The summed E-state index contributed by atoms with van der Waals surface area (Å²) in [6.45, 7) is 5.53. The summed E-state index contributed by atoms with van der Waals surface area (Å²) in [4.78, 5) is 26.5. The molecule has 150 valence electrons. The average Bonchev–Trinajstić information content (AvgIpc) is 2.96. The highest BCUT2D eigenvalue weighted by atomic mass is 16.6. The van der Waals surface area contributed by atoms with Gasteiger partial charge in [-0.25, -0.2) is 9.59 Å². The second-order valence-electron chi connectivity index (χ2n) is 5.44. The lowest BCUT2D eigenvalue weighted by Crippen LogP contribution is -2.15. The van der Waals surface area contributed by atoms with Crippen molar-refractivity contribution in [2.24, 2.45) is 10.2 Å². The first kappa shape index (κ1) is 20.7. The zero-order chi connectivity index (χ0) is 20.5. The van der Waals surface area contributed by atoms with Gasteiger partial charge in [-0.05, 0) is 45.0 Å². The fraction of sp³-hybridized carbons (Fsp3) is 0.333. The molecule has 0 bridgehead atoms. The highest BCUT2D eigenvalue weighted by Gasteiger charge is 2.19. The zero-order valence-electron chi connectivity index (χ0n) is 16.2. The first-order valence-electron chi connectivity index (χ1n) is 8.64. The third kappa shape index (κ3) is 5.47. The van der Waals surface area contributed by atoms with E-state index in [0.717, 1.165) is 0 Å². The minimum atomic E-state index is -0.645. The number of aromatic amines is 1. The number of nitrogens with one attached hydrogen (secondary N) is 3. The molecule has 2 amide bonds. The summed E-state index contributed by atoms with van der Waals surface area (Å²) in [5, 5.41) is 13.4. The Hall–Kier alpha value is -3.56. The summed E-state index contributed by atoms with van der Waals surface area (Å²) in [5.41, 5.74) is 1.46. The average molecular weight is 389 g/mol. The smallest absolute Gasteiger partial charge is 0.412 e. The molecule has 2 rings (SSSR count). The van der Waals surface area contributed by atoms with Crippen LogP contribution < -0.4 is 15.4 Å². The number of nitrogens with zero attached hydrogens (tertiary/aromatic N) is 2. The number of hydrogen-bond acceptors (Lipinski definition) is 7. The largest absolute Gasteiger partial charge is 0.497 e. The van der Waals surface area contributed by atoms with E-state index in [1.54, 1.807) is 52.1 Å². The number of anilines is 2. The van der Waals surface area contributed by atoms with Crippen LogP contribution in [0.1, 0.15) is 19.4 Å². The Morgan fingerprint density at radius 1 is 1.00 bits per heavy atom. The summed E-state index contributed by atoms with van der Waals surface area (Å²) < 4.78 is 14.9. The van der Waals surface area contributed by atoms with Gasteiger partial charge in [-0.2, -0.15) is 0 Å². The molecule has 0 aliphatic rings. The molecule has 0 saturated carbocycles. The van der Waals surface area contributed by atoms with E-state index in [-0.39, 0.29) is 19.0 Å². The van der Waals surface area contributed by atoms with Crippen molar-refractivity contribution < 1.29 is 23.8 Å². The second kappa shape index (κ2) is 9.95. The Morgan fingerprint density at radius 2 is 1.61 bits per heavy atom. The van der Waals surface area contributed by atoms with Gasteiger partial charge in [0.25, 0.3) is 0 Å². The monoisotopic (exact) mass is 389 g/mol. The van der Waals surface area contributed by atoms with E-state index < -0.39 is 12.2 Å². The maximum absolute atomic E-state index is 11.9. The Bertz CT molecular complexity index is 845. The number of benzene rings is 1. The van der Waals surface area contributed by atoms with Crippen LogP contribution in [0.5, 0.6) is 5.75 Å². The molecule has 0 saturated heterocycles. The predicted octanol–water partition coefficient (Wildman–Crippen LogP) is 4.88. The fourth-order valence-corrected chi connectivity index (χ4v) is 2.23. The Morgan fingerprint density at radius 3 is 2.18 bits per heavy atom. The fourth-order valence-electron chi connectivity index (χ4n) is 2.23. The molecule has 0 unspecified atom stereocenters. The summed E-state index contributed by atoms with van der Waals surface area (Å²) in [5.74, 6) is 1.27. The van der Waals surface area contributed by atoms with Crippen LogP contribution in [0.2, 0.25) is 0 Å². The minimum Gasteiger partial charge on any atom is -0.497 e. The molecule has 0 fully saturated rings. The van der Waals surface area contributed by atoms with Crippen LogP contribution in [0, 0.1) is 6.92 Å². The van der Waals surface area contributed by atoms with E-state index in [2.05, 4.69) is 25.8 Å². The molecule has 0 atom stereocenters. The van der Waals surface area contributed by atoms with E-state index >= 15 is 0 Å². The molecule has 1 aromatic heterocycles. The summed E-state index contributed by atoms with van der Waals surface area (Å²) in [6.07, 6.45) is -1.28. The second-order valence-corrected chi connectivity index (χ2v) is 5.44. The molecule has 2 aromatic rings. The maximum Gasteiger partial charge on any atom is 0.412 e. The lowest BCUT2D eigenvalue weighted by molar-refractivity contribution is 0.167. The zero-order valence-corrected chi connectivity index (χ0v) is 16.2. The number of azo groups is 1. The van der Waals surface area contributed by atoms with E-state index in [4.69, 9.17) is 14.2 Å². The quantitative estimate of drug-likeness (QED) is 0.582. The number of amides is 2. The number of aromatic nitrogens is 1. The lowest BCUT2D eigenvalue weighted by Gasteiger charge is -2.06. The van der Waals surface area contributed by atoms with Crippen molar-refractivity contribution >= 4 is 35.2 Å². The van der Waals surface area contributed by atoms with E-state index in [9.17, 15) is 9.59 Å². The summed E-state index contributed by atoms with van der Waals surface area (Å²) in [7, 11) is 1.57. The van der Waals surface area contributed by atoms with Crippen LogP contribution in [-0.4, -0.2) is 37.5 Å². The van der Waals surface area contributed by atoms with Crippen LogP contribution in [0.3, 0.4) is 0 Å². The SMILES string of the molecule is CCOC(=O)Nc1[nH]c(N=Nc2ccc(OC)cc2)c(NC(=O)OCC)c1C. The molecule has 28 heavy (non-hydrogen) atoms. The van der Waals surface area contributed by atoms with Crippen LogP contribution in [0.25, 0.3) is 0 Å². The highest BCUT2D eigenvalue weighted by molar-refractivity contribution is 5.94. The standard InChI is InChI=1S/C18H23N5O5/c1-5-27-17(24)19-14-11(3)15(21-18(25)28-6-2)20-16(14)23-22-12-7-9-13(26-4)10-8-12/h7-10,20H,5-6H2,1-4H3,(H,19,24)(H,21,25). The van der Waals surface area contributed by atoms with Gasteiger partial charge in [0.1, 0.15) is 11.6 Å². The number of hydrogen-bond donors (Lipinski definition) is 3. The molecule has 0 aliphatic carbocycles. The number of carbonyl (C=O) groups excluding carboxylic acids is 2. The molecule has 0 radical (unpaired) electrons. The molecular weight excluding hydrogens is 366 g/mol. The van der Waals surface area contributed by atoms with Crippen molar-refractivity contribution in [1.29, 1.82) is 0 Å². The molecule has 10 nitrogen and oxygen atoms in total. The van der Waals surface area contributed by atoms with Crippen LogP contribution in [0.15, 0.2) is 34.5 Å². The Balaban J connectivity index is 2.31. The molecule has 3 N–H and O–H groups in total. The number of H-pyrrole nitrogens is 1. The predicted molar refractivity (Wildman–Crippen MR) is 104 cm³/mol. The Kier molecular flexibility index (Phi) is 7.37. The molecular formula is C18H23N5O5.